The molecule has 1 aliphatic carbocycles. The fourth-order valence-corrected chi connectivity index (χ4v) is 5.52. The van der Waals surface area contributed by atoms with Crippen molar-refractivity contribution in [1.29, 1.82) is 5.26 Å². The van der Waals surface area contributed by atoms with E-state index in [4.69, 9.17) is 9.47 Å². The van der Waals surface area contributed by atoms with Gasteiger partial charge in [0.25, 0.3) is 0 Å². The van der Waals surface area contributed by atoms with Crippen molar-refractivity contribution in [3.05, 3.63) is 76.0 Å². The van der Waals surface area contributed by atoms with Gasteiger partial charge >= 0.3 is 0 Å². The number of thioether (sulfide) groups is 1. The van der Waals surface area contributed by atoms with Gasteiger partial charge in [-0.3, -0.25) is 9.59 Å². The Hall–Kier alpha value is -3.70. The van der Waals surface area contributed by atoms with Crippen molar-refractivity contribution in [2.24, 2.45) is 5.41 Å². The first-order valence-electron chi connectivity index (χ1n) is 11.6. The van der Waals surface area contributed by atoms with E-state index >= 15 is 0 Å². The molecule has 0 saturated carbocycles. The number of allylic oxidation sites excluding steroid dienone is 3. The lowest BCUT2D eigenvalue weighted by molar-refractivity contribution is -0.118. The standard InChI is InChI=1S/C28H29N3O4S/c1-28(2)13-22-26(23(32)14-28)25(17-8-10-19(34-3)11-9-17)21(15-29)27(31-22)36-16-24(33)30-18-6-5-7-20(12-18)35-4/h5-12,25,31H,13-14,16H2,1-4H3,(H,30,33)/t25-/m1/s1. The van der Waals surface area contributed by atoms with Crippen LogP contribution >= 0.6 is 11.8 Å². The van der Waals surface area contributed by atoms with Gasteiger partial charge in [-0.15, -0.1) is 0 Å². The quantitative estimate of drug-likeness (QED) is 0.539. The maximum Gasteiger partial charge on any atom is 0.234 e. The molecule has 0 unspecified atom stereocenters. The third-order valence-electron chi connectivity index (χ3n) is 6.28. The van der Waals surface area contributed by atoms with Crippen LogP contribution in [0.25, 0.3) is 0 Å². The number of ketones is 1. The number of hydrogen-bond acceptors (Lipinski definition) is 7. The molecule has 1 heterocycles. The highest BCUT2D eigenvalue weighted by molar-refractivity contribution is 8.03. The van der Waals surface area contributed by atoms with Crippen LogP contribution in [0, 0.1) is 16.7 Å². The van der Waals surface area contributed by atoms with Crippen molar-refractivity contribution >= 4 is 29.1 Å². The number of ether oxygens (including phenoxy) is 2. The first kappa shape index (κ1) is 25.4. The number of nitrogens with one attached hydrogen (secondary N) is 2. The molecule has 0 spiro atoms. The van der Waals surface area contributed by atoms with Gasteiger partial charge in [0.2, 0.25) is 5.91 Å². The second-order valence-electron chi connectivity index (χ2n) is 9.59. The molecule has 1 amide bonds. The Morgan fingerprint density at radius 1 is 1.14 bits per heavy atom. The second kappa shape index (κ2) is 10.5. The van der Waals surface area contributed by atoms with Crippen LogP contribution in [0.2, 0.25) is 0 Å². The Bertz CT molecular complexity index is 1290. The normalized spacial score (nSPS) is 18.6. The van der Waals surface area contributed by atoms with Crippen LogP contribution < -0.4 is 20.1 Å². The summed E-state index contributed by atoms with van der Waals surface area (Å²) >= 11 is 1.26. The van der Waals surface area contributed by atoms with Crippen molar-refractivity contribution in [3.8, 4) is 17.6 Å². The average Bonchev–Trinajstić information content (AvgIpc) is 2.86. The Labute approximate surface area is 215 Å². The molecule has 0 saturated heterocycles. The number of nitrogens with zero attached hydrogens (tertiary/aromatic N) is 1. The molecule has 8 heteroatoms. The molecule has 1 atom stereocenters. The molecule has 0 bridgehead atoms. The number of amides is 1. The first-order chi connectivity index (χ1) is 17.2. The molecule has 1 aliphatic heterocycles. The van der Waals surface area contributed by atoms with Gasteiger partial charge in [-0.05, 0) is 41.7 Å². The Morgan fingerprint density at radius 2 is 1.86 bits per heavy atom. The maximum atomic E-state index is 13.3. The molecule has 186 valence electrons. The van der Waals surface area contributed by atoms with Gasteiger partial charge in [0.1, 0.15) is 11.5 Å². The van der Waals surface area contributed by atoms with E-state index in [1.54, 1.807) is 38.5 Å². The van der Waals surface area contributed by atoms with Crippen LogP contribution in [0.1, 0.15) is 38.2 Å². The number of nitriles is 1. The molecule has 0 aromatic heterocycles. The molecular formula is C28H29N3O4S. The maximum absolute atomic E-state index is 13.3. The summed E-state index contributed by atoms with van der Waals surface area (Å²) in [6.07, 6.45) is 1.10. The Morgan fingerprint density at radius 3 is 2.53 bits per heavy atom. The number of rotatable bonds is 7. The summed E-state index contributed by atoms with van der Waals surface area (Å²) in [6.45, 7) is 4.13. The zero-order valence-electron chi connectivity index (χ0n) is 20.8. The SMILES string of the molecule is COc1ccc([C@@H]2C(C#N)=C(SCC(=O)Nc3cccc(OC)c3)NC3=C2C(=O)CC(C)(C)C3)cc1. The number of dihydropyridines is 1. The van der Waals surface area contributed by atoms with Gasteiger partial charge < -0.3 is 20.1 Å². The molecule has 0 fully saturated rings. The predicted molar refractivity (Wildman–Crippen MR) is 141 cm³/mol. The van der Waals surface area contributed by atoms with E-state index in [2.05, 4.69) is 30.6 Å². The molecule has 2 aromatic carbocycles. The molecule has 0 radical (unpaired) electrons. The second-order valence-corrected chi connectivity index (χ2v) is 10.6. The summed E-state index contributed by atoms with van der Waals surface area (Å²) in [7, 11) is 3.17. The fraction of sp³-hybridized carbons (Fsp3) is 0.321. The number of Topliss-reactive ketones (excluding diaryl/α,β-unsaturated/α-hetero) is 1. The van der Waals surface area contributed by atoms with Crippen molar-refractivity contribution in [2.75, 3.05) is 25.3 Å². The highest BCUT2D eigenvalue weighted by Gasteiger charge is 2.42. The van der Waals surface area contributed by atoms with E-state index in [0.717, 1.165) is 11.3 Å². The van der Waals surface area contributed by atoms with Crippen LogP contribution in [0.5, 0.6) is 11.5 Å². The predicted octanol–water partition coefficient (Wildman–Crippen LogP) is 5.14. The molecule has 2 aromatic rings. The van der Waals surface area contributed by atoms with Crippen molar-refractivity contribution in [3.63, 3.8) is 0 Å². The van der Waals surface area contributed by atoms with Crippen LogP contribution in [0.15, 0.2) is 70.4 Å². The van der Waals surface area contributed by atoms with Gasteiger partial charge in [-0.25, -0.2) is 0 Å². The van der Waals surface area contributed by atoms with Crippen LogP contribution in [0.3, 0.4) is 0 Å². The number of anilines is 1. The van der Waals surface area contributed by atoms with E-state index < -0.39 is 5.92 Å². The van der Waals surface area contributed by atoms with Gasteiger partial charge in [0.05, 0.1) is 42.6 Å². The van der Waals surface area contributed by atoms with Crippen LogP contribution in [-0.2, 0) is 9.59 Å². The van der Waals surface area contributed by atoms with Crippen molar-refractivity contribution in [1.82, 2.24) is 5.32 Å². The Balaban J connectivity index is 1.63. The van der Waals surface area contributed by atoms with Crippen LogP contribution in [-0.4, -0.2) is 31.7 Å². The summed E-state index contributed by atoms with van der Waals surface area (Å²) in [5.41, 5.74) is 3.18. The smallest absolute Gasteiger partial charge is 0.234 e. The molecule has 2 N–H and O–H groups in total. The lowest BCUT2D eigenvalue weighted by Crippen LogP contribution is -2.37. The van der Waals surface area contributed by atoms with E-state index in [1.165, 1.54) is 11.8 Å². The molecule has 7 nitrogen and oxygen atoms in total. The summed E-state index contributed by atoms with van der Waals surface area (Å²) in [5.74, 6) is 0.784. The molecule has 36 heavy (non-hydrogen) atoms. The minimum Gasteiger partial charge on any atom is -0.497 e. The Kier molecular flexibility index (Phi) is 7.41. The number of benzene rings is 2. The van der Waals surface area contributed by atoms with Crippen molar-refractivity contribution in [2.45, 2.75) is 32.6 Å². The molecule has 2 aliphatic rings. The summed E-state index contributed by atoms with van der Waals surface area (Å²) in [4.78, 5) is 26.0. The lowest BCUT2D eigenvalue weighted by atomic mass is 9.69. The number of hydrogen-bond donors (Lipinski definition) is 2. The van der Waals surface area contributed by atoms with E-state index in [1.807, 2.05) is 24.3 Å². The number of carbonyl (C=O) groups is 2. The summed E-state index contributed by atoms with van der Waals surface area (Å²) < 4.78 is 10.5. The summed E-state index contributed by atoms with van der Waals surface area (Å²) in [6, 6.07) is 16.9. The highest BCUT2D eigenvalue weighted by atomic mass is 32.2. The van der Waals surface area contributed by atoms with E-state index in [-0.39, 0.29) is 22.9 Å². The largest absolute Gasteiger partial charge is 0.497 e. The third-order valence-corrected chi connectivity index (χ3v) is 7.29. The van der Waals surface area contributed by atoms with Gasteiger partial charge in [0.15, 0.2) is 5.78 Å². The minimum absolute atomic E-state index is 0.0436. The average molecular weight is 504 g/mol. The van der Waals surface area contributed by atoms with E-state index in [9.17, 15) is 14.9 Å². The molecular weight excluding hydrogens is 474 g/mol. The zero-order chi connectivity index (χ0) is 25.9. The van der Waals surface area contributed by atoms with Gasteiger partial charge in [-0.1, -0.05) is 43.8 Å². The van der Waals surface area contributed by atoms with E-state index in [0.29, 0.717) is 46.2 Å². The number of carbonyl (C=O) groups excluding carboxylic acids is 2. The number of methoxy groups -OCH3 is 2. The lowest BCUT2D eigenvalue weighted by Gasteiger charge is -2.39. The van der Waals surface area contributed by atoms with Crippen molar-refractivity contribution < 1.29 is 19.1 Å². The van der Waals surface area contributed by atoms with Crippen LogP contribution in [0.4, 0.5) is 5.69 Å². The topological polar surface area (TPSA) is 100 Å². The minimum atomic E-state index is -0.496. The third kappa shape index (κ3) is 5.42. The summed E-state index contributed by atoms with van der Waals surface area (Å²) in [5, 5.41) is 17.0. The monoisotopic (exact) mass is 503 g/mol. The highest BCUT2D eigenvalue weighted by Crippen LogP contribution is 2.48. The van der Waals surface area contributed by atoms with Gasteiger partial charge in [-0.2, -0.15) is 5.26 Å². The molecule has 4 rings (SSSR count). The van der Waals surface area contributed by atoms with Gasteiger partial charge in [0, 0.05) is 29.4 Å². The first-order valence-corrected chi connectivity index (χ1v) is 12.6. The fourth-order valence-electron chi connectivity index (χ4n) is 4.66. The zero-order valence-corrected chi connectivity index (χ0v) is 21.6.